The van der Waals surface area contributed by atoms with Crippen molar-refractivity contribution in [1.82, 2.24) is 15.0 Å². The Balaban J connectivity index is 1.79. The van der Waals surface area contributed by atoms with Crippen LogP contribution in [-0.4, -0.2) is 33.1 Å². The van der Waals surface area contributed by atoms with Gasteiger partial charge in [-0.2, -0.15) is 0 Å². The van der Waals surface area contributed by atoms with Crippen LogP contribution in [0, 0.1) is 0 Å². The lowest BCUT2D eigenvalue weighted by atomic mass is 9.87. The highest BCUT2D eigenvalue weighted by molar-refractivity contribution is 7.26. The van der Waals surface area contributed by atoms with Gasteiger partial charge in [-0.25, -0.2) is 15.0 Å². The summed E-state index contributed by atoms with van der Waals surface area (Å²) in [6.45, 7) is 12.8. The van der Waals surface area contributed by atoms with E-state index in [4.69, 9.17) is 19.7 Å². The number of rotatable bonds is 2. The molecule has 0 bridgehead atoms. The molecule has 5 rings (SSSR count). The maximum Gasteiger partial charge on any atom is 0.150 e. The molecule has 5 heterocycles. The van der Waals surface area contributed by atoms with Crippen LogP contribution in [0.1, 0.15) is 76.6 Å². The maximum absolute atomic E-state index is 6.18. The number of hydrogen-bond acceptors (Lipinski definition) is 6. The summed E-state index contributed by atoms with van der Waals surface area (Å²) in [6.07, 6.45) is 6.41. The summed E-state index contributed by atoms with van der Waals surface area (Å²) in [5, 5.41) is 1.23. The number of piperidine rings is 1. The molecule has 0 aromatic carbocycles. The molecule has 1 saturated heterocycles. The molecule has 1 fully saturated rings. The van der Waals surface area contributed by atoms with E-state index in [1.165, 1.54) is 46.2 Å². The molecule has 154 valence electrons. The van der Waals surface area contributed by atoms with Crippen molar-refractivity contribution in [1.29, 1.82) is 0 Å². The lowest BCUT2D eigenvalue weighted by Gasteiger charge is -2.34. The Morgan fingerprint density at radius 2 is 2.03 bits per heavy atom. The van der Waals surface area contributed by atoms with Crippen LogP contribution in [-0.2, 0) is 17.8 Å². The predicted octanol–water partition coefficient (Wildman–Crippen LogP) is 5.59. The number of fused-ring (bicyclic) bond motifs is 5. The van der Waals surface area contributed by atoms with Crippen LogP contribution in [0.15, 0.2) is 6.33 Å². The second-order valence-corrected chi connectivity index (χ2v) is 10.5. The zero-order valence-corrected chi connectivity index (χ0v) is 18.9. The van der Waals surface area contributed by atoms with Gasteiger partial charge in [-0.1, -0.05) is 13.8 Å². The molecule has 1 atom stereocenters. The van der Waals surface area contributed by atoms with Crippen molar-refractivity contribution >= 4 is 37.6 Å². The van der Waals surface area contributed by atoms with E-state index < -0.39 is 0 Å². The van der Waals surface area contributed by atoms with Gasteiger partial charge < -0.3 is 9.64 Å². The van der Waals surface area contributed by atoms with Crippen LogP contribution in [0.3, 0.4) is 0 Å². The van der Waals surface area contributed by atoms with E-state index in [1.807, 2.05) is 0 Å². The molecule has 2 aliphatic rings. The minimum atomic E-state index is -0.166. The van der Waals surface area contributed by atoms with Crippen molar-refractivity contribution in [2.24, 2.45) is 0 Å². The average molecular weight is 411 g/mol. The van der Waals surface area contributed by atoms with Gasteiger partial charge >= 0.3 is 0 Å². The van der Waals surface area contributed by atoms with Crippen LogP contribution < -0.4 is 4.90 Å². The van der Waals surface area contributed by atoms with Gasteiger partial charge in [0, 0.05) is 30.0 Å². The molecule has 2 aliphatic heterocycles. The predicted molar refractivity (Wildman–Crippen MR) is 120 cm³/mol. The Hall–Kier alpha value is -1.79. The average Bonchev–Trinajstić information content (AvgIpc) is 3.06. The Morgan fingerprint density at radius 1 is 1.21 bits per heavy atom. The van der Waals surface area contributed by atoms with E-state index >= 15 is 0 Å². The van der Waals surface area contributed by atoms with Gasteiger partial charge in [-0.3, -0.25) is 0 Å². The van der Waals surface area contributed by atoms with Crippen molar-refractivity contribution in [3.63, 3.8) is 0 Å². The molecule has 0 unspecified atom stereocenters. The van der Waals surface area contributed by atoms with Gasteiger partial charge in [-0.15, -0.1) is 11.3 Å². The second-order valence-electron chi connectivity index (χ2n) is 9.53. The topological polar surface area (TPSA) is 51.1 Å². The molecule has 29 heavy (non-hydrogen) atoms. The fraction of sp³-hybridized carbons (Fsp3) is 0.609. The Kier molecular flexibility index (Phi) is 4.55. The highest BCUT2D eigenvalue weighted by Crippen LogP contribution is 2.44. The molecule has 0 aliphatic carbocycles. The molecular formula is C23H30N4OS. The van der Waals surface area contributed by atoms with Crippen LogP contribution >= 0.6 is 11.3 Å². The van der Waals surface area contributed by atoms with Crippen molar-refractivity contribution < 1.29 is 4.74 Å². The Morgan fingerprint density at radius 3 is 2.79 bits per heavy atom. The smallest absolute Gasteiger partial charge is 0.150 e. The molecule has 0 N–H and O–H groups in total. The fourth-order valence-corrected chi connectivity index (χ4v) is 6.09. The second kappa shape index (κ2) is 6.88. The molecule has 5 nitrogen and oxygen atoms in total. The van der Waals surface area contributed by atoms with E-state index in [9.17, 15) is 0 Å². The zero-order valence-electron chi connectivity index (χ0n) is 18.1. The standard InChI is InChI=1S/C23H30N4OS/c1-13(2)18-16-11-28-23(4,5)10-15(16)17-19-20(29-22(17)26-18)21(25-12-24-19)27-9-7-6-8-14(27)3/h12-14H,6-11H2,1-5H3/t14-/m0/s1. The summed E-state index contributed by atoms with van der Waals surface area (Å²) >= 11 is 1.77. The summed E-state index contributed by atoms with van der Waals surface area (Å²) in [5.74, 6) is 1.47. The minimum Gasteiger partial charge on any atom is -0.370 e. The Labute approximate surface area is 176 Å². The van der Waals surface area contributed by atoms with Gasteiger partial charge in [-0.05, 0) is 51.5 Å². The first-order valence-electron chi connectivity index (χ1n) is 10.8. The van der Waals surface area contributed by atoms with Gasteiger partial charge in [0.05, 0.1) is 28.1 Å². The van der Waals surface area contributed by atoms with Crippen LogP contribution in [0.4, 0.5) is 5.82 Å². The van der Waals surface area contributed by atoms with Crippen molar-refractivity contribution in [2.45, 2.75) is 84.5 Å². The van der Waals surface area contributed by atoms with Gasteiger partial charge in [0.2, 0.25) is 0 Å². The van der Waals surface area contributed by atoms with E-state index in [0.717, 1.165) is 29.1 Å². The van der Waals surface area contributed by atoms with Gasteiger partial charge in [0.1, 0.15) is 17.0 Å². The molecule has 0 saturated carbocycles. The van der Waals surface area contributed by atoms with E-state index in [0.29, 0.717) is 18.6 Å². The molecule has 0 spiro atoms. The summed E-state index contributed by atoms with van der Waals surface area (Å²) in [7, 11) is 0. The van der Waals surface area contributed by atoms with Gasteiger partial charge in [0.15, 0.2) is 0 Å². The normalized spacial score (nSPS) is 21.9. The SMILES string of the molecule is CC(C)c1nc2sc3c(N4CCCC[C@@H]4C)ncnc3c2c2c1COC(C)(C)C2. The Bertz CT molecular complexity index is 1090. The van der Waals surface area contributed by atoms with E-state index in [-0.39, 0.29) is 5.60 Å². The third kappa shape index (κ3) is 3.12. The number of hydrogen-bond donors (Lipinski definition) is 0. The van der Waals surface area contributed by atoms with Crippen molar-refractivity contribution in [3.8, 4) is 0 Å². The highest BCUT2D eigenvalue weighted by atomic mass is 32.1. The first-order chi connectivity index (χ1) is 13.9. The first-order valence-corrected chi connectivity index (χ1v) is 11.7. The zero-order chi connectivity index (χ0) is 20.3. The number of pyridine rings is 1. The lowest BCUT2D eigenvalue weighted by Crippen LogP contribution is -2.38. The largest absolute Gasteiger partial charge is 0.370 e. The number of thiophene rings is 1. The summed E-state index contributed by atoms with van der Waals surface area (Å²) < 4.78 is 7.37. The number of aromatic nitrogens is 3. The molecule has 0 radical (unpaired) electrons. The summed E-state index contributed by atoms with van der Waals surface area (Å²) in [6, 6.07) is 0.521. The lowest BCUT2D eigenvalue weighted by molar-refractivity contribution is -0.0402. The number of nitrogens with zero attached hydrogens (tertiary/aromatic N) is 4. The molecule has 6 heteroatoms. The van der Waals surface area contributed by atoms with E-state index in [2.05, 4.69) is 39.5 Å². The quantitative estimate of drug-likeness (QED) is 0.551. The number of ether oxygens (including phenoxy) is 1. The minimum absolute atomic E-state index is 0.166. The molecule has 0 amide bonds. The van der Waals surface area contributed by atoms with E-state index in [1.54, 1.807) is 17.7 Å². The summed E-state index contributed by atoms with van der Waals surface area (Å²) in [4.78, 5) is 18.2. The van der Waals surface area contributed by atoms with Crippen LogP contribution in [0.2, 0.25) is 0 Å². The highest BCUT2D eigenvalue weighted by Gasteiger charge is 2.33. The third-order valence-corrected chi connectivity index (χ3v) is 7.53. The van der Waals surface area contributed by atoms with Crippen LogP contribution in [0.25, 0.3) is 20.4 Å². The van der Waals surface area contributed by atoms with Crippen LogP contribution in [0.5, 0.6) is 0 Å². The summed E-state index contributed by atoms with van der Waals surface area (Å²) in [5.41, 5.74) is 4.75. The van der Waals surface area contributed by atoms with Gasteiger partial charge in [0.25, 0.3) is 0 Å². The fourth-order valence-electron chi connectivity index (χ4n) is 4.91. The molecular weight excluding hydrogens is 380 g/mol. The van der Waals surface area contributed by atoms with Crippen molar-refractivity contribution in [2.75, 3.05) is 11.4 Å². The monoisotopic (exact) mass is 410 g/mol. The molecule has 3 aromatic rings. The third-order valence-electron chi connectivity index (χ3n) is 6.46. The number of anilines is 1. The molecule has 3 aromatic heterocycles. The van der Waals surface area contributed by atoms with Crippen molar-refractivity contribution in [3.05, 3.63) is 23.1 Å². The maximum atomic E-state index is 6.18. The first kappa shape index (κ1) is 19.2.